The van der Waals surface area contributed by atoms with Crippen LogP contribution in [0.3, 0.4) is 0 Å². The van der Waals surface area contributed by atoms with E-state index in [0.29, 0.717) is 12.1 Å². The molecule has 1 amide bonds. The summed E-state index contributed by atoms with van der Waals surface area (Å²) in [6.45, 7) is 6.46. The number of nitrogens with zero attached hydrogens (tertiary/aromatic N) is 1. The smallest absolute Gasteiger partial charge is 0.251 e. The van der Waals surface area contributed by atoms with Crippen molar-refractivity contribution in [1.29, 1.82) is 0 Å². The van der Waals surface area contributed by atoms with Gasteiger partial charge in [-0.05, 0) is 49.7 Å². The maximum absolute atomic E-state index is 12.4. The largest absolute Gasteiger partial charge is 0.367 e. The number of hydrogen-bond acceptors (Lipinski definition) is 3. The van der Waals surface area contributed by atoms with Crippen molar-refractivity contribution in [2.75, 3.05) is 31.1 Å². The number of hydrogen-bond donors (Lipinski definition) is 2. The van der Waals surface area contributed by atoms with E-state index in [1.54, 1.807) is 0 Å². The molecule has 4 nitrogen and oxygen atoms in total. The molecular weight excluding hydrogens is 322 g/mol. The number of amides is 1. The molecule has 0 aromatic heterocycles. The molecule has 26 heavy (non-hydrogen) atoms. The van der Waals surface area contributed by atoms with Crippen LogP contribution in [0, 0.1) is 0 Å². The molecule has 2 N–H and O–H groups in total. The van der Waals surface area contributed by atoms with Crippen LogP contribution >= 0.6 is 0 Å². The van der Waals surface area contributed by atoms with Crippen LogP contribution in [0.1, 0.15) is 29.3 Å². The summed E-state index contributed by atoms with van der Waals surface area (Å²) in [6, 6.07) is 18.3. The van der Waals surface area contributed by atoms with Gasteiger partial charge in [0.2, 0.25) is 0 Å². The van der Waals surface area contributed by atoms with Crippen LogP contribution in [-0.2, 0) is 6.54 Å². The number of benzene rings is 2. The molecule has 1 aliphatic rings. The lowest BCUT2D eigenvalue weighted by atomic mass is 10.1. The third-order valence-electron chi connectivity index (χ3n) is 4.73. The Kier molecular flexibility index (Phi) is 6.45. The molecule has 1 aliphatic heterocycles. The van der Waals surface area contributed by atoms with Crippen molar-refractivity contribution in [3.63, 3.8) is 0 Å². The zero-order valence-electron chi connectivity index (χ0n) is 15.4. The van der Waals surface area contributed by atoms with Crippen LogP contribution in [0.4, 0.5) is 5.69 Å². The SMILES string of the molecule is CCN(Cc1ccccc1)c1ccc(C(=O)NCC2=CCNCC2)cc1. The van der Waals surface area contributed by atoms with Gasteiger partial charge in [-0.1, -0.05) is 42.0 Å². The first-order valence-corrected chi connectivity index (χ1v) is 9.32. The van der Waals surface area contributed by atoms with E-state index in [1.165, 1.54) is 11.1 Å². The summed E-state index contributed by atoms with van der Waals surface area (Å²) in [5.74, 6) is -0.0120. The van der Waals surface area contributed by atoms with Gasteiger partial charge in [-0.25, -0.2) is 0 Å². The van der Waals surface area contributed by atoms with Crippen molar-refractivity contribution in [2.45, 2.75) is 19.9 Å². The first-order valence-electron chi connectivity index (χ1n) is 9.32. The molecule has 0 unspecified atom stereocenters. The van der Waals surface area contributed by atoms with Crippen molar-refractivity contribution in [2.24, 2.45) is 0 Å². The van der Waals surface area contributed by atoms with Crippen molar-refractivity contribution in [3.8, 4) is 0 Å². The standard InChI is InChI=1S/C22H27N3O/c1-2-25(17-19-6-4-3-5-7-19)21-10-8-20(9-11-21)22(26)24-16-18-12-14-23-15-13-18/h3-12,23H,2,13-17H2,1H3,(H,24,26). The molecule has 0 aliphatic carbocycles. The van der Waals surface area contributed by atoms with Gasteiger partial charge in [-0.15, -0.1) is 0 Å². The van der Waals surface area contributed by atoms with E-state index in [0.717, 1.165) is 38.3 Å². The van der Waals surface area contributed by atoms with Gasteiger partial charge in [0, 0.05) is 37.4 Å². The van der Waals surface area contributed by atoms with Crippen molar-refractivity contribution < 1.29 is 4.79 Å². The van der Waals surface area contributed by atoms with Crippen molar-refractivity contribution in [1.82, 2.24) is 10.6 Å². The minimum absolute atomic E-state index is 0.0120. The Morgan fingerprint density at radius 2 is 1.88 bits per heavy atom. The number of carbonyl (C=O) groups is 1. The molecule has 136 valence electrons. The molecule has 2 aromatic carbocycles. The normalized spacial score (nSPS) is 13.8. The molecule has 0 atom stereocenters. The molecule has 0 saturated carbocycles. The lowest BCUT2D eigenvalue weighted by Crippen LogP contribution is -2.29. The molecule has 0 spiro atoms. The number of anilines is 1. The van der Waals surface area contributed by atoms with Gasteiger partial charge in [0.05, 0.1) is 0 Å². The van der Waals surface area contributed by atoms with Gasteiger partial charge in [0.15, 0.2) is 0 Å². The van der Waals surface area contributed by atoms with E-state index in [1.807, 2.05) is 30.3 Å². The Morgan fingerprint density at radius 3 is 2.54 bits per heavy atom. The first-order chi connectivity index (χ1) is 12.8. The quantitative estimate of drug-likeness (QED) is 0.754. The highest BCUT2D eigenvalue weighted by atomic mass is 16.1. The summed E-state index contributed by atoms with van der Waals surface area (Å²) in [5.41, 5.74) is 4.42. The maximum atomic E-state index is 12.4. The molecule has 4 heteroatoms. The highest BCUT2D eigenvalue weighted by Gasteiger charge is 2.10. The third kappa shape index (κ3) is 4.96. The number of nitrogens with one attached hydrogen (secondary N) is 2. The summed E-state index contributed by atoms with van der Waals surface area (Å²) >= 11 is 0. The van der Waals surface area contributed by atoms with Crippen LogP contribution in [0.5, 0.6) is 0 Å². The highest BCUT2D eigenvalue weighted by molar-refractivity contribution is 5.94. The van der Waals surface area contributed by atoms with Crippen LogP contribution in [-0.4, -0.2) is 32.1 Å². The fourth-order valence-corrected chi connectivity index (χ4v) is 3.14. The second-order valence-corrected chi connectivity index (χ2v) is 6.55. The van der Waals surface area contributed by atoms with Gasteiger partial charge in [0.1, 0.15) is 0 Å². The Bertz CT molecular complexity index is 738. The second kappa shape index (κ2) is 9.20. The molecule has 0 saturated heterocycles. The van der Waals surface area contributed by atoms with Gasteiger partial charge in [-0.3, -0.25) is 4.79 Å². The summed E-state index contributed by atoms with van der Waals surface area (Å²) < 4.78 is 0. The molecule has 2 aromatic rings. The zero-order valence-corrected chi connectivity index (χ0v) is 15.4. The third-order valence-corrected chi connectivity index (χ3v) is 4.73. The Balaban J connectivity index is 1.59. The summed E-state index contributed by atoms with van der Waals surface area (Å²) in [7, 11) is 0. The lowest BCUT2D eigenvalue weighted by molar-refractivity contribution is 0.0956. The molecule has 0 fully saturated rings. The maximum Gasteiger partial charge on any atom is 0.251 e. The van der Waals surface area contributed by atoms with Crippen LogP contribution < -0.4 is 15.5 Å². The fraction of sp³-hybridized carbons (Fsp3) is 0.318. The summed E-state index contributed by atoms with van der Waals surface area (Å²) in [6.07, 6.45) is 3.17. The van der Waals surface area contributed by atoms with Gasteiger partial charge >= 0.3 is 0 Å². The number of rotatable bonds is 7. The Hall–Kier alpha value is -2.59. The predicted octanol–water partition coefficient (Wildman–Crippen LogP) is 3.36. The first kappa shape index (κ1) is 18.2. The van der Waals surface area contributed by atoms with Crippen LogP contribution in [0.2, 0.25) is 0 Å². The second-order valence-electron chi connectivity index (χ2n) is 6.55. The van der Waals surface area contributed by atoms with E-state index >= 15 is 0 Å². The Labute approximate surface area is 155 Å². The molecule has 3 rings (SSSR count). The lowest BCUT2D eigenvalue weighted by Gasteiger charge is -2.23. The number of carbonyl (C=O) groups excluding carboxylic acids is 1. The van der Waals surface area contributed by atoms with Crippen LogP contribution in [0.25, 0.3) is 0 Å². The molecule has 0 bridgehead atoms. The van der Waals surface area contributed by atoms with E-state index in [2.05, 4.69) is 52.8 Å². The minimum Gasteiger partial charge on any atom is -0.367 e. The van der Waals surface area contributed by atoms with E-state index in [-0.39, 0.29) is 5.91 Å². The zero-order chi connectivity index (χ0) is 18.2. The molecule has 1 heterocycles. The average molecular weight is 349 g/mol. The van der Waals surface area contributed by atoms with Crippen LogP contribution in [0.15, 0.2) is 66.2 Å². The average Bonchev–Trinajstić information content (AvgIpc) is 2.72. The summed E-state index contributed by atoms with van der Waals surface area (Å²) in [4.78, 5) is 14.7. The van der Waals surface area contributed by atoms with Crippen molar-refractivity contribution >= 4 is 11.6 Å². The van der Waals surface area contributed by atoms with E-state index in [4.69, 9.17) is 0 Å². The topological polar surface area (TPSA) is 44.4 Å². The van der Waals surface area contributed by atoms with E-state index < -0.39 is 0 Å². The Morgan fingerprint density at radius 1 is 1.12 bits per heavy atom. The fourth-order valence-electron chi connectivity index (χ4n) is 3.14. The van der Waals surface area contributed by atoms with E-state index in [9.17, 15) is 4.79 Å². The van der Waals surface area contributed by atoms with Gasteiger partial charge < -0.3 is 15.5 Å². The summed E-state index contributed by atoms with van der Waals surface area (Å²) in [5, 5.41) is 6.30. The highest BCUT2D eigenvalue weighted by Crippen LogP contribution is 2.18. The molecular formula is C22H27N3O. The van der Waals surface area contributed by atoms with Gasteiger partial charge in [-0.2, -0.15) is 0 Å². The monoisotopic (exact) mass is 349 g/mol. The minimum atomic E-state index is -0.0120. The van der Waals surface area contributed by atoms with Gasteiger partial charge in [0.25, 0.3) is 5.91 Å². The van der Waals surface area contributed by atoms with Crippen molar-refractivity contribution in [3.05, 3.63) is 77.4 Å². The predicted molar refractivity (Wildman–Crippen MR) is 108 cm³/mol. The molecule has 0 radical (unpaired) electrons.